The van der Waals surface area contributed by atoms with Crippen molar-refractivity contribution < 1.29 is 10.2 Å². The zero-order valence-corrected chi connectivity index (χ0v) is 12.4. The Balaban J connectivity index is 1.67. The summed E-state index contributed by atoms with van der Waals surface area (Å²) in [7, 11) is 0. The van der Waals surface area contributed by atoms with Gasteiger partial charge in [-0.15, -0.1) is 0 Å². The molecule has 2 rings (SSSR count). The van der Waals surface area contributed by atoms with E-state index in [0.29, 0.717) is 30.2 Å². The average molecular weight is 277 g/mol. The Hall–Kier alpha value is -1.06. The Kier molecular flexibility index (Phi) is 5.86. The highest BCUT2D eigenvalue weighted by atomic mass is 16.3. The molecule has 1 saturated carbocycles. The van der Waals surface area contributed by atoms with Gasteiger partial charge in [0.25, 0.3) is 0 Å². The Morgan fingerprint density at radius 3 is 2.60 bits per heavy atom. The molecule has 1 aromatic rings. The number of hydrogen-bond donors (Lipinski definition) is 3. The number of aromatic hydroxyl groups is 1. The van der Waals surface area contributed by atoms with Crippen LogP contribution < -0.4 is 5.32 Å². The monoisotopic (exact) mass is 277 g/mol. The quantitative estimate of drug-likeness (QED) is 0.718. The second kappa shape index (κ2) is 7.65. The van der Waals surface area contributed by atoms with Crippen molar-refractivity contribution >= 4 is 0 Å². The molecule has 0 aliphatic heterocycles. The Labute approximate surface area is 122 Å². The molecule has 0 aromatic heterocycles. The van der Waals surface area contributed by atoms with Crippen molar-refractivity contribution in [2.24, 2.45) is 11.8 Å². The predicted molar refractivity (Wildman–Crippen MR) is 81.8 cm³/mol. The minimum absolute atomic E-state index is 0.330. The molecule has 0 amide bonds. The number of phenolic OH excluding ortho intramolecular Hbond substituents is 1. The van der Waals surface area contributed by atoms with Gasteiger partial charge in [0.1, 0.15) is 5.75 Å². The molecule has 20 heavy (non-hydrogen) atoms. The SMILES string of the molecule is CC(CCc1ccc(O)cc1)NCC1CCCC1CO. The summed E-state index contributed by atoms with van der Waals surface area (Å²) in [6.07, 6.45) is 5.83. The van der Waals surface area contributed by atoms with Gasteiger partial charge < -0.3 is 15.5 Å². The van der Waals surface area contributed by atoms with E-state index in [9.17, 15) is 10.2 Å². The van der Waals surface area contributed by atoms with Crippen LogP contribution in [0.3, 0.4) is 0 Å². The third-order valence-corrected chi connectivity index (χ3v) is 4.58. The standard InChI is InChI=1S/C17H27NO2/c1-13(5-6-14-7-9-17(20)10-8-14)18-11-15-3-2-4-16(15)12-19/h7-10,13,15-16,18-20H,2-6,11-12H2,1H3. The number of hydrogen-bond acceptors (Lipinski definition) is 3. The van der Waals surface area contributed by atoms with E-state index in [-0.39, 0.29) is 0 Å². The van der Waals surface area contributed by atoms with Gasteiger partial charge in [-0.25, -0.2) is 0 Å². The summed E-state index contributed by atoms with van der Waals surface area (Å²) >= 11 is 0. The lowest BCUT2D eigenvalue weighted by molar-refractivity contribution is 0.190. The molecule has 112 valence electrons. The van der Waals surface area contributed by atoms with E-state index in [1.165, 1.54) is 24.8 Å². The van der Waals surface area contributed by atoms with Crippen LogP contribution in [-0.4, -0.2) is 29.4 Å². The van der Waals surface area contributed by atoms with Crippen molar-refractivity contribution in [3.8, 4) is 5.75 Å². The highest BCUT2D eigenvalue weighted by molar-refractivity contribution is 5.25. The first-order chi connectivity index (χ1) is 9.69. The highest BCUT2D eigenvalue weighted by Gasteiger charge is 2.26. The van der Waals surface area contributed by atoms with Gasteiger partial charge in [-0.2, -0.15) is 0 Å². The maximum absolute atomic E-state index is 9.33. The van der Waals surface area contributed by atoms with Crippen LogP contribution in [0, 0.1) is 11.8 Å². The molecule has 0 spiro atoms. The van der Waals surface area contributed by atoms with Crippen LogP contribution in [0.15, 0.2) is 24.3 Å². The Bertz CT molecular complexity index is 390. The van der Waals surface area contributed by atoms with E-state index in [4.69, 9.17) is 0 Å². The Morgan fingerprint density at radius 2 is 1.90 bits per heavy atom. The van der Waals surface area contributed by atoms with Gasteiger partial charge in [0.05, 0.1) is 0 Å². The van der Waals surface area contributed by atoms with E-state index in [1.54, 1.807) is 12.1 Å². The first-order valence-electron chi connectivity index (χ1n) is 7.81. The minimum Gasteiger partial charge on any atom is -0.508 e. The number of phenols is 1. The third kappa shape index (κ3) is 4.50. The second-order valence-corrected chi connectivity index (χ2v) is 6.15. The molecule has 3 N–H and O–H groups in total. The maximum Gasteiger partial charge on any atom is 0.115 e. The van der Waals surface area contributed by atoms with Gasteiger partial charge in [0.2, 0.25) is 0 Å². The fourth-order valence-corrected chi connectivity index (χ4v) is 3.12. The van der Waals surface area contributed by atoms with E-state index < -0.39 is 0 Å². The molecule has 3 atom stereocenters. The van der Waals surface area contributed by atoms with Crippen molar-refractivity contribution in [1.29, 1.82) is 0 Å². The van der Waals surface area contributed by atoms with Crippen LogP contribution in [-0.2, 0) is 6.42 Å². The molecule has 0 saturated heterocycles. The fraction of sp³-hybridized carbons (Fsp3) is 0.647. The topological polar surface area (TPSA) is 52.5 Å². The van der Waals surface area contributed by atoms with E-state index in [2.05, 4.69) is 12.2 Å². The van der Waals surface area contributed by atoms with Crippen molar-refractivity contribution in [3.63, 3.8) is 0 Å². The lowest BCUT2D eigenvalue weighted by atomic mass is 9.96. The van der Waals surface area contributed by atoms with Gasteiger partial charge in [-0.05, 0) is 68.7 Å². The number of aliphatic hydroxyl groups excluding tert-OH is 1. The lowest BCUT2D eigenvalue weighted by Crippen LogP contribution is -2.33. The molecule has 1 fully saturated rings. The zero-order chi connectivity index (χ0) is 14.4. The average Bonchev–Trinajstić information content (AvgIpc) is 2.92. The number of aliphatic hydroxyl groups is 1. The second-order valence-electron chi connectivity index (χ2n) is 6.15. The molecular formula is C17H27NO2. The third-order valence-electron chi connectivity index (χ3n) is 4.58. The molecule has 0 bridgehead atoms. The van der Waals surface area contributed by atoms with Gasteiger partial charge in [-0.3, -0.25) is 0 Å². The van der Waals surface area contributed by atoms with Gasteiger partial charge >= 0.3 is 0 Å². The normalized spacial score (nSPS) is 23.9. The van der Waals surface area contributed by atoms with Gasteiger partial charge in [-0.1, -0.05) is 18.6 Å². The largest absolute Gasteiger partial charge is 0.508 e. The van der Waals surface area contributed by atoms with Crippen molar-refractivity contribution in [2.45, 2.75) is 45.1 Å². The number of aryl methyl sites for hydroxylation is 1. The number of benzene rings is 1. The highest BCUT2D eigenvalue weighted by Crippen LogP contribution is 2.30. The van der Waals surface area contributed by atoms with Gasteiger partial charge in [0, 0.05) is 12.6 Å². The van der Waals surface area contributed by atoms with E-state index >= 15 is 0 Å². The molecule has 1 aromatic carbocycles. The molecule has 1 aliphatic rings. The minimum atomic E-state index is 0.330. The molecular weight excluding hydrogens is 250 g/mol. The maximum atomic E-state index is 9.33. The fourth-order valence-electron chi connectivity index (χ4n) is 3.12. The van der Waals surface area contributed by atoms with Crippen LogP contribution in [0.5, 0.6) is 5.75 Å². The number of rotatable bonds is 7. The summed E-state index contributed by atoms with van der Waals surface area (Å²) in [5.41, 5.74) is 1.27. The smallest absolute Gasteiger partial charge is 0.115 e. The van der Waals surface area contributed by atoms with Crippen molar-refractivity contribution in [3.05, 3.63) is 29.8 Å². The zero-order valence-electron chi connectivity index (χ0n) is 12.4. The lowest BCUT2D eigenvalue weighted by Gasteiger charge is -2.21. The molecule has 0 radical (unpaired) electrons. The summed E-state index contributed by atoms with van der Waals surface area (Å²) in [5, 5.41) is 22.2. The summed E-state index contributed by atoms with van der Waals surface area (Å²) in [5.74, 6) is 1.49. The summed E-state index contributed by atoms with van der Waals surface area (Å²) in [4.78, 5) is 0. The van der Waals surface area contributed by atoms with Crippen molar-refractivity contribution in [2.75, 3.05) is 13.2 Å². The van der Waals surface area contributed by atoms with Crippen LogP contribution in [0.25, 0.3) is 0 Å². The molecule has 0 heterocycles. The van der Waals surface area contributed by atoms with Crippen LogP contribution >= 0.6 is 0 Å². The summed E-state index contributed by atoms with van der Waals surface area (Å²) < 4.78 is 0. The van der Waals surface area contributed by atoms with Crippen molar-refractivity contribution in [1.82, 2.24) is 5.32 Å². The summed E-state index contributed by atoms with van der Waals surface area (Å²) in [6.45, 7) is 3.60. The first-order valence-corrected chi connectivity index (χ1v) is 7.81. The molecule has 3 heteroatoms. The first kappa shape index (κ1) is 15.3. The summed E-state index contributed by atoms with van der Waals surface area (Å²) in [6, 6.07) is 7.96. The van der Waals surface area contributed by atoms with Gasteiger partial charge in [0.15, 0.2) is 0 Å². The van der Waals surface area contributed by atoms with Crippen LogP contribution in [0.1, 0.15) is 38.2 Å². The number of nitrogens with one attached hydrogen (secondary N) is 1. The molecule has 3 unspecified atom stereocenters. The molecule has 1 aliphatic carbocycles. The van der Waals surface area contributed by atoms with Crippen LogP contribution in [0.4, 0.5) is 0 Å². The van der Waals surface area contributed by atoms with E-state index in [1.807, 2.05) is 12.1 Å². The molecule has 3 nitrogen and oxygen atoms in total. The van der Waals surface area contributed by atoms with Crippen LogP contribution in [0.2, 0.25) is 0 Å². The predicted octanol–water partition coefficient (Wildman–Crippen LogP) is 2.71. The Morgan fingerprint density at radius 1 is 1.20 bits per heavy atom. The van der Waals surface area contributed by atoms with E-state index in [0.717, 1.165) is 19.4 Å².